The first-order chi connectivity index (χ1) is 5.37. The second-order valence-electron chi connectivity index (χ2n) is 6.85. The minimum atomic E-state index is -1.43. The van der Waals surface area contributed by atoms with Crippen molar-refractivity contribution in [3.05, 3.63) is 0 Å². The van der Waals surface area contributed by atoms with Crippen LogP contribution in [-0.2, 0) is 0 Å². The van der Waals surface area contributed by atoms with Crippen LogP contribution in [0.25, 0.3) is 0 Å². The van der Waals surface area contributed by atoms with Crippen LogP contribution >= 0.6 is 0 Å². The van der Waals surface area contributed by atoms with Gasteiger partial charge in [-0.15, -0.1) is 0 Å². The predicted octanol–water partition coefficient (Wildman–Crippen LogP) is 3.73. The van der Waals surface area contributed by atoms with Crippen LogP contribution in [-0.4, -0.2) is 51.1 Å². The van der Waals surface area contributed by atoms with E-state index in [0.29, 0.717) is 0 Å². The monoisotopic (exact) mass is 616 g/mol. The van der Waals surface area contributed by atoms with Gasteiger partial charge in [0.15, 0.2) is 0 Å². The Bertz CT molecular complexity index is 137. The summed E-state index contributed by atoms with van der Waals surface area (Å²) in [6, 6.07) is 0. The van der Waals surface area contributed by atoms with Crippen molar-refractivity contribution in [3.8, 4) is 0 Å². The summed E-state index contributed by atoms with van der Waals surface area (Å²) in [6.07, 6.45) is 0. The Labute approximate surface area is 93.1 Å². The molecule has 0 spiro atoms. The van der Waals surface area contributed by atoms with Gasteiger partial charge in [0.1, 0.15) is 0 Å². The third-order valence-electron chi connectivity index (χ3n) is 2.01. The molecule has 0 nitrogen and oxygen atoms in total. The Kier molecular flexibility index (Phi) is 6.54. The molecule has 13 heavy (non-hydrogen) atoms. The third-order valence-corrected chi connectivity index (χ3v) is 607. The average Bonchev–Trinajstić information content (AvgIpc) is 1.44. The van der Waals surface area contributed by atoms with Crippen LogP contribution in [0.15, 0.2) is 0 Å². The van der Waals surface area contributed by atoms with E-state index < -0.39 is 51.1 Å². The summed E-state index contributed by atoms with van der Waals surface area (Å²) in [5.41, 5.74) is 0. The summed E-state index contributed by atoms with van der Waals surface area (Å²) in [6.45, 7) is 0. The minimum absolute atomic E-state index is 0.657. The van der Waals surface area contributed by atoms with Crippen molar-refractivity contribution in [1.29, 1.82) is 0 Å². The van der Waals surface area contributed by atoms with Crippen molar-refractivity contribution in [2.75, 3.05) is 0 Å². The van der Waals surface area contributed by atoms with Crippen LogP contribution in [0.4, 0.5) is 0 Å². The molecular weight excluding hydrogens is 586 g/mol. The van der Waals surface area contributed by atoms with Crippen molar-refractivity contribution < 1.29 is 0 Å². The SMILES string of the molecule is [CH3][Sn]([CH3])([CH3])[Sb]([Sn]([CH3])([CH3])[CH3])[Sn]([CH3])([CH3])[CH3]. The van der Waals surface area contributed by atoms with Crippen LogP contribution in [0.1, 0.15) is 0 Å². The Morgan fingerprint density at radius 2 is 0.615 bits per heavy atom. The molecule has 0 bridgehead atoms. The summed E-state index contributed by atoms with van der Waals surface area (Å²) in [5.74, 6) is 0. The molecule has 0 aliphatic rings. The molecule has 4 heteroatoms. The van der Waals surface area contributed by atoms with E-state index in [9.17, 15) is 0 Å². The molecule has 0 radical (unpaired) electrons. The number of hydrogen-bond acceptors (Lipinski definition) is 0. The van der Waals surface area contributed by atoms with Gasteiger partial charge in [-0.05, 0) is 0 Å². The first kappa shape index (κ1) is 16.2. The fourth-order valence-corrected chi connectivity index (χ4v) is 911. The standard InChI is InChI=1S/9CH3.Sb.3Sn/h9*1H3;;;;. The number of hydrogen-bond donors (Lipinski definition) is 0. The molecule has 0 saturated heterocycles. The van der Waals surface area contributed by atoms with Crippen LogP contribution < -0.4 is 0 Å². The van der Waals surface area contributed by atoms with Gasteiger partial charge in [0.25, 0.3) is 0 Å². The van der Waals surface area contributed by atoms with E-state index in [1.54, 1.807) is 0 Å². The van der Waals surface area contributed by atoms with Gasteiger partial charge < -0.3 is 0 Å². The molecule has 0 aromatic rings. The molecule has 0 saturated carbocycles. The van der Waals surface area contributed by atoms with Gasteiger partial charge in [0.05, 0.1) is 0 Å². The Balaban J connectivity index is 5.02. The molecule has 0 aliphatic carbocycles. The van der Waals surface area contributed by atoms with Gasteiger partial charge in [-0.1, -0.05) is 0 Å². The molecule has 0 atom stereocenters. The molecule has 0 N–H and O–H groups in total. The third kappa shape index (κ3) is 5.90. The van der Waals surface area contributed by atoms with Crippen LogP contribution in [0.2, 0.25) is 44.5 Å². The fourth-order valence-electron chi connectivity index (χ4n) is 3.02. The van der Waals surface area contributed by atoms with Gasteiger partial charge in [-0.2, -0.15) is 0 Å². The number of rotatable bonds is 3. The van der Waals surface area contributed by atoms with Crippen molar-refractivity contribution >= 4 is 51.1 Å². The molecule has 0 aliphatic heterocycles. The maximum atomic E-state index is 2.75. The molecule has 0 fully saturated rings. The average molecular weight is 613 g/mol. The van der Waals surface area contributed by atoms with E-state index >= 15 is 0 Å². The first-order valence-corrected chi connectivity index (χ1v) is 60.4. The van der Waals surface area contributed by atoms with Gasteiger partial charge >= 0.3 is 95.5 Å². The van der Waals surface area contributed by atoms with E-state index in [1.807, 2.05) is 0 Å². The summed E-state index contributed by atoms with van der Waals surface area (Å²) < 4.78 is 0. The quantitative estimate of drug-likeness (QED) is 0.426. The first-order valence-electron chi connectivity index (χ1n) is 5.17. The Morgan fingerprint density at radius 1 is 0.462 bits per heavy atom. The van der Waals surface area contributed by atoms with Crippen molar-refractivity contribution in [2.24, 2.45) is 0 Å². The second kappa shape index (κ2) is 5.24. The molecule has 0 amide bonds. The summed E-state index contributed by atoms with van der Waals surface area (Å²) in [5, 5.41) is 0. The summed E-state index contributed by atoms with van der Waals surface area (Å²) in [4.78, 5) is 24.8. The van der Waals surface area contributed by atoms with Crippen LogP contribution in [0.5, 0.6) is 0 Å². The van der Waals surface area contributed by atoms with E-state index in [2.05, 4.69) is 44.5 Å². The molecule has 0 unspecified atom stereocenters. The molecule has 0 aromatic heterocycles. The van der Waals surface area contributed by atoms with Gasteiger partial charge in [-0.3, -0.25) is 0 Å². The van der Waals surface area contributed by atoms with E-state index in [4.69, 9.17) is 0 Å². The van der Waals surface area contributed by atoms with Crippen LogP contribution in [0, 0.1) is 0 Å². The summed E-state index contributed by atoms with van der Waals surface area (Å²) >= 11 is -4.28. The van der Waals surface area contributed by atoms with Crippen molar-refractivity contribution in [3.63, 3.8) is 0 Å². The van der Waals surface area contributed by atoms with Gasteiger partial charge in [0.2, 0.25) is 0 Å². The zero-order chi connectivity index (χ0) is 11.1. The van der Waals surface area contributed by atoms with Crippen molar-refractivity contribution in [2.45, 2.75) is 44.5 Å². The van der Waals surface area contributed by atoms with Crippen molar-refractivity contribution in [1.82, 2.24) is 0 Å². The van der Waals surface area contributed by atoms with E-state index in [-0.39, 0.29) is 0 Å². The molecular formula is C9H27SbSn3. The van der Waals surface area contributed by atoms with Gasteiger partial charge in [-0.25, -0.2) is 0 Å². The zero-order valence-corrected chi connectivity index (χ0v) is 22.1. The normalized spacial score (nSPS) is 15.2. The molecule has 0 aromatic carbocycles. The molecule has 0 heterocycles. The molecule has 0 rings (SSSR count). The maximum absolute atomic E-state index is 2.75. The predicted molar refractivity (Wildman–Crippen MR) is 75.8 cm³/mol. The Hall–Kier alpha value is 3.21. The summed E-state index contributed by atoms with van der Waals surface area (Å²) in [7, 11) is -0.657. The Morgan fingerprint density at radius 3 is 0.615 bits per heavy atom. The topological polar surface area (TPSA) is 0 Å². The van der Waals surface area contributed by atoms with Crippen LogP contribution in [0.3, 0.4) is 0 Å². The molecule has 80 valence electrons. The van der Waals surface area contributed by atoms with Gasteiger partial charge in [0, 0.05) is 0 Å². The van der Waals surface area contributed by atoms with E-state index in [0.717, 1.165) is 0 Å². The van der Waals surface area contributed by atoms with E-state index in [1.165, 1.54) is 0 Å². The fraction of sp³-hybridized carbons (Fsp3) is 1.00. The zero-order valence-electron chi connectivity index (χ0n) is 10.9. The second-order valence-corrected chi connectivity index (χ2v) is 222.